The number of nitrogens with zero attached hydrogens (tertiary/aromatic N) is 1. The summed E-state index contributed by atoms with van der Waals surface area (Å²) in [5, 5.41) is 10.9. The molecule has 2 bridgehead atoms. The Kier molecular flexibility index (Phi) is 3.12. The van der Waals surface area contributed by atoms with Gasteiger partial charge >= 0.3 is 0 Å². The molecule has 3 heteroatoms. The zero-order valence-electron chi connectivity index (χ0n) is 9.85. The second kappa shape index (κ2) is 4.60. The fourth-order valence-electron chi connectivity index (χ4n) is 3.29. The van der Waals surface area contributed by atoms with Gasteiger partial charge < -0.3 is 5.11 Å². The SMILES string of the molecule is OC(CN1CC2CCC1C2)c1cccc(Cl)c1. The summed E-state index contributed by atoms with van der Waals surface area (Å²) in [4.78, 5) is 2.44. The van der Waals surface area contributed by atoms with Gasteiger partial charge in [0.25, 0.3) is 0 Å². The van der Waals surface area contributed by atoms with Crippen molar-refractivity contribution < 1.29 is 5.11 Å². The summed E-state index contributed by atoms with van der Waals surface area (Å²) in [5.74, 6) is 0.881. The Hall–Kier alpha value is -0.570. The zero-order valence-corrected chi connectivity index (χ0v) is 10.6. The van der Waals surface area contributed by atoms with Crippen molar-refractivity contribution in [3.05, 3.63) is 34.9 Å². The summed E-state index contributed by atoms with van der Waals surface area (Å²) in [6, 6.07) is 8.27. The molecule has 0 aromatic heterocycles. The van der Waals surface area contributed by atoms with E-state index in [4.69, 9.17) is 11.6 Å². The molecule has 2 aliphatic rings. The first-order chi connectivity index (χ1) is 8.22. The van der Waals surface area contributed by atoms with E-state index in [1.807, 2.05) is 24.3 Å². The lowest BCUT2D eigenvalue weighted by Crippen LogP contribution is -2.35. The average molecular weight is 252 g/mol. The second-order valence-corrected chi connectivity index (χ2v) is 5.79. The summed E-state index contributed by atoms with van der Waals surface area (Å²) >= 11 is 5.94. The second-order valence-electron chi connectivity index (χ2n) is 5.36. The number of benzene rings is 1. The maximum Gasteiger partial charge on any atom is 0.0917 e. The summed E-state index contributed by atoms with van der Waals surface area (Å²) in [5.41, 5.74) is 0.931. The monoisotopic (exact) mass is 251 g/mol. The van der Waals surface area contributed by atoms with Crippen molar-refractivity contribution in [2.45, 2.75) is 31.4 Å². The molecular weight excluding hydrogens is 234 g/mol. The van der Waals surface area contributed by atoms with Crippen LogP contribution in [0.25, 0.3) is 0 Å². The van der Waals surface area contributed by atoms with Crippen molar-refractivity contribution in [3.63, 3.8) is 0 Å². The van der Waals surface area contributed by atoms with Crippen LogP contribution >= 0.6 is 11.6 Å². The largest absolute Gasteiger partial charge is 0.387 e. The van der Waals surface area contributed by atoms with Gasteiger partial charge in [-0.05, 0) is 42.9 Å². The number of fused-ring (bicyclic) bond motifs is 2. The highest BCUT2D eigenvalue weighted by molar-refractivity contribution is 6.30. The van der Waals surface area contributed by atoms with Gasteiger partial charge in [-0.1, -0.05) is 23.7 Å². The third-order valence-corrected chi connectivity index (χ3v) is 4.40. The fraction of sp³-hybridized carbons (Fsp3) is 0.571. The first kappa shape index (κ1) is 11.5. The van der Waals surface area contributed by atoms with Crippen LogP contribution in [0.15, 0.2) is 24.3 Å². The number of aliphatic hydroxyl groups excluding tert-OH is 1. The fourth-order valence-corrected chi connectivity index (χ4v) is 3.49. The van der Waals surface area contributed by atoms with E-state index in [1.165, 1.54) is 25.8 Å². The summed E-state index contributed by atoms with van der Waals surface area (Å²) in [6.45, 7) is 1.92. The summed E-state index contributed by atoms with van der Waals surface area (Å²) in [7, 11) is 0. The number of aliphatic hydroxyl groups is 1. The van der Waals surface area contributed by atoms with Gasteiger partial charge in [-0.2, -0.15) is 0 Å². The van der Waals surface area contributed by atoms with E-state index in [-0.39, 0.29) is 0 Å². The first-order valence-corrected chi connectivity index (χ1v) is 6.78. The van der Waals surface area contributed by atoms with Gasteiger partial charge in [0.1, 0.15) is 0 Å². The molecule has 1 aromatic carbocycles. The molecule has 3 unspecified atom stereocenters. The van der Waals surface area contributed by atoms with Crippen LogP contribution in [-0.4, -0.2) is 29.1 Å². The third-order valence-electron chi connectivity index (χ3n) is 4.16. The van der Waals surface area contributed by atoms with E-state index in [0.29, 0.717) is 11.1 Å². The number of halogens is 1. The molecule has 1 saturated heterocycles. The van der Waals surface area contributed by atoms with Crippen LogP contribution in [0.5, 0.6) is 0 Å². The molecule has 1 saturated carbocycles. The lowest BCUT2D eigenvalue weighted by Gasteiger charge is -2.28. The molecule has 0 radical (unpaired) electrons. The van der Waals surface area contributed by atoms with Gasteiger partial charge in [-0.3, -0.25) is 4.90 Å². The molecule has 92 valence electrons. The number of β-amino-alcohol motifs (C(OH)–C–C–N with tert-alkyl or cyclic N) is 1. The molecule has 2 nitrogen and oxygen atoms in total. The van der Waals surface area contributed by atoms with E-state index >= 15 is 0 Å². The van der Waals surface area contributed by atoms with Crippen molar-refractivity contribution in [1.82, 2.24) is 4.90 Å². The van der Waals surface area contributed by atoms with E-state index in [1.54, 1.807) is 0 Å². The van der Waals surface area contributed by atoms with E-state index < -0.39 is 6.10 Å². The van der Waals surface area contributed by atoms with Crippen LogP contribution in [0.2, 0.25) is 5.02 Å². The number of rotatable bonds is 3. The molecule has 2 fully saturated rings. The molecule has 17 heavy (non-hydrogen) atoms. The summed E-state index contributed by atoms with van der Waals surface area (Å²) < 4.78 is 0. The van der Waals surface area contributed by atoms with Crippen molar-refractivity contribution in [2.75, 3.05) is 13.1 Å². The molecule has 0 spiro atoms. The third kappa shape index (κ3) is 2.35. The molecule has 1 aromatic rings. The van der Waals surface area contributed by atoms with Crippen LogP contribution < -0.4 is 0 Å². The van der Waals surface area contributed by atoms with Crippen molar-refractivity contribution >= 4 is 11.6 Å². The number of likely N-dealkylation sites (tertiary alicyclic amines) is 1. The Morgan fingerprint density at radius 3 is 2.94 bits per heavy atom. The van der Waals surface area contributed by atoms with Gasteiger partial charge in [0.2, 0.25) is 0 Å². The van der Waals surface area contributed by atoms with Crippen molar-refractivity contribution in [2.24, 2.45) is 5.92 Å². The van der Waals surface area contributed by atoms with Crippen LogP contribution in [-0.2, 0) is 0 Å². The predicted molar refractivity (Wildman–Crippen MR) is 69.1 cm³/mol. The molecule has 3 rings (SSSR count). The van der Waals surface area contributed by atoms with Crippen LogP contribution in [0.4, 0.5) is 0 Å². The highest BCUT2D eigenvalue weighted by Gasteiger charge is 2.38. The predicted octanol–water partition coefficient (Wildman–Crippen LogP) is 2.86. The van der Waals surface area contributed by atoms with Gasteiger partial charge in [-0.15, -0.1) is 0 Å². The van der Waals surface area contributed by atoms with Crippen molar-refractivity contribution in [3.8, 4) is 0 Å². The molecule has 3 atom stereocenters. The first-order valence-electron chi connectivity index (χ1n) is 6.40. The van der Waals surface area contributed by atoms with Crippen LogP contribution in [0.3, 0.4) is 0 Å². The van der Waals surface area contributed by atoms with E-state index in [0.717, 1.165) is 18.0 Å². The number of hydrogen-bond donors (Lipinski definition) is 1. The zero-order chi connectivity index (χ0) is 11.8. The Balaban J connectivity index is 1.65. The Morgan fingerprint density at radius 1 is 1.41 bits per heavy atom. The minimum atomic E-state index is -0.409. The topological polar surface area (TPSA) is 23.5 Å². The van der Waals surface area contributed by atoms with Gasteiger partial charge in [-0.25, -0.2) is 0 Å². The quantitative estimate of drug-likeness (QED) is 0.893. The molecule has 1 aliphatic heterocycles. The van der Waals surface area contributed by atoms with E-state index in [9.17, 15) is 5.11 Å². The van der Waals surface area contributed by atoms with E-state index in [2.05, 4.69) is 4.90 Å². The minimum Gasteiger partial charge on any atom is -0.387 e. The normalized spacial score (nSPS) is 29.8. The maximum absolute atomic E-state index is 10.2. The van der Waals surface area contributed by atoms with Crippen LogP contribution in [0.1, 0.15) is 30.9 Å². The average Bonchev–Trinajstić information content (AvgIpc) is 2.91. The van der Waals surface area contributed by atoms with Gasteiger partial charge in [0.15, 0.2) is 0 Å². The molecule has 1 aliphatic carbocycles. The van der Waals surface area contributed by atoms with Gasteiger partial charge in [0.05, 0.1) is 6.10 Å². The minimum absolute atomic E-state index is 0.409. The number of piperidine rings is 1. The summed E-state index contributed by atoms with van der Waals surface area (Å²) in [6.07, 6.45) is 3.62. The Bertz CT molecular complexity index is 409. The Labute approximate surface area is 107 Å². The van der Waals surface area contributed by atoms with Crippen LogP contribution in [0, 0.1) is 5.92 Å². The lowest BCUT2D eigenvalue weighted by atomic mass is 10.1. The molecule has 1 heterocycles. The number of hydrogen-bond acceptors (Lipinski definition) is 2. The Morgan fingerprint density at radius 2 is 2.29 bits per heavy atom. The molecule has 0 amide bonds. The maximum atomic E-state index is 10.2. The highest BCUT2D eigenvalue weighted by atomic mass is 35.5. The standard InChI is InChI=1S/C14H18ClNO/c15-12-3-1-2-11(7-12)14(17)9-16-8-10-4-5-13(16)6-10/h1-3,7,10,13-14,17H,4-6,8-9H2. The van der Waals surface area contributed by atoms with Gasteiger partial charge in [0, 0.05) is 24.2 Å². The van der Waals surface area contributed by atoms with Crippen molar-refractivity contribution in [1.29, 1.82) is 0 Å². The smallest absolute Gasteiger partial charge is 0.0917 e. The molecule has 1 N–H and O–H groups in total. The molecular formula is C14H18ClNO. The highest BCUT2D eigenvalue weighted by Crippen LogP contribution is 2.38. The lowest BCUT2D eigenvalue weighted by molar-refractivity contribution is 0.0947.